The third kappa shape index (κ3) is 3.43. The molecule has 0 spiro atoms. The van der Waals surface area contributed by atoms with Crippen LogP contribution in [-0.4, -0.2) is 43.5 Å². The molecular formula is C17H17N3O4S. The summed E-state index contributed by atoms with van der Waals surface area (Å²) in [7, 11) is -3.65. The minimum atomic E-state index is -3.65. The van der Waals surface area contributed by atoms with E-state index in [0.29, 0.717) is 17.9 Å². The zero-order valence-corrected chi connectivity index (χ0v) is 14.4. The summed E-state index contributed by atoms with van der Waals surface area (Å²) < 4.78 is 37.9. The Labute approximate surface area is 146 Å². The molecule has 2 aromatic rings. The van der Waals surface area contributed by atoms with Crippen molar-refractivity contribution in [1.29, 1.82) is 5.26 Å². The number of hydrogen-bond donors (Lipinski definition) is 0. The van der Waals surface area contributed by atoms with Crippen LogP contribution < -0.4 is 9.47 Å². The fourth-order valence-corrected chi connectivity index (χ4v) is 4.11. The highest BCUT2D eigenvalue weighted by Crippen LogP contribution is 2.30. The highest BCUT2D eigenvalue weighted by Gasteiger charge is 2.39. The highest BCUT2D eigenvalue weighted by atomic mass is 32.2. The smallest absolute Gasteiger partial charge is 0.247 e. The second-order valence-electron chi connectivity index (χ2n) is 5.41. The topological polar surface area (TPSA) is 92.5 Å². The molecule has 1 aromatic heterocycles. The quantitative estimate of drug-likeness (QED) is 0.781. The molecule has 1 aliphatic rings. The van der Waals surface area contributed by atoms with Gasteiger partial charge < -0.3 is 9.47 Å². The van der Waals surface area contributed by atoms with Gasteiger partial charge >= 0.3 is 0 Å². The van der Waals surface area contributed by atoms with Gasteiger partial charge in [-0.15, -0.1) is 0 Å². The molecule has 130 valence electrons. The number of aromatic nitrogens is 1. The predicted octanol–water partition coefficient (Wildman–Crippen LogP) is 1.80. The molecule has 0 radical (unpaired) electrons. The van der Waals surface area contributed by atoms with E-state index in [-0.39, 0.29) is 30.0 Å². The molecule has 0 unspecified atom stereocenters. The molecule has 8 heteroatoms. The van der Waals surface area contributed by atoms with Crippen LogP contribution in [0.4, 0.5) is 0 Å². The van der Waals surface area contributed by atoms with Gasteiger partial charge in [0.25, 0.3) is 0 Å². The molecule has 25 heavy (non-hydrogen) atoms. The van der Waals surface area contributed by atoms with Crippen LogP contribution in [0.15, 0.2) is 47.5 Å². The van der Waals surface area contributed by atoms with Gasteiger partial charge in [0.1, 0.15) is 28.4 Å². The van der Waals surface area contributed by atoms with E-state index in [1.165, 1.54) is 16.6 Å². The first-order valence-corrected chi connectivity index (χ1v) is 9.24. The van der Waals surface area contributed by atoms with E-state index in [1.54, 1.807) is 37.3 Å². The van der Waals surface area contributed by atoms with E-state index in [4.69, 9.17) is 14.7 Å². The van der Waals surface area contributed by atoms with Gasteiger partial charge in [-0.05, 0) is 31.2 Å². The van der Waals surface area contributed by atoms with Crippen LogP contribution in [0.2, 0.25) is 0 Å². The van der Waals surface area contributed by atoms with Crippen molar-refractivity contribution >= 4 is 10.0 Å². The van der Waals surface area contributed by atoms with Gasteiger partial charge in [0.15, 0.2) is 0 Å². The van der Waals surface area contributed by atoms with Gasteiger partial charge in [-0.1, -0.05) is 12.1 Å². The summed E-state index contributed by atoms with van der Waals surface area (Å²) in [4.78, 5) is 4.17. The third-order valence-corrected chi connectivity index (χ3v) is 5.62. The molecule has 0 atom stereocenters. The molecular weight excluding hydrogens is 342 g/mol. The molecule has 1 saturated heterocycles. The number of para-hydroxylation sites is 1. The van der Waals surface area contributed by atoms with E-state index in [1.807, 2.05) is 6.07 Å². The Balaban J connectivity index is 1.71. The van der Waals surface area contributed by atoms with Gasteiger partial charge in [0, 0.05) is 6.20 Å². The molecule has 1 fully saturated rings. The van der Waals surface area contributed by atoms with Gasteiger partial charge in [0.2, 0.25) is 15.9 Å². The number of ether oxygens (including phenoxy) is 2. The van der Waals surface area contributed by atoms with E-state index < -0.39 is 10.0 Å². The minimum absolute atomic E-state index is 0.144. The normalized spacial score (nSPS) is 15.2. The van der Waals surface area contributed by atoms with Crippen molar-refractivity contribution in [3.63, 3.8) is 0 Å². The number of pyridine rings is 1. The second kappa shape index (κ2) is 7.09. The van der Waals surface area contributed by atoms with Gasteiger partial charge in [-0.3, -0.25) is 0 Å². The fraction of sp³-hybridized carbons (Fsp3) is 0.294. The fourth-order valence-electron chi connectivity index (χ4n) is 2.48. The number of rotatable bonds is 6. The Hall–Kier alpha value is -2.63. The summed E-state index contributed by atoms with van der Waals surface area (Å²) in [5.74, 6) is 0.563. The lowest BCUT2D eigenvalue weighted by Gasteiger charge is -2.37. The lowest BCUT2D eigenvalue weighted by Crippen LogP contribution is -2.56. The Kier molecular flexibility index (Phi) is 4.88. The molecule has 1 aliphatic heterocycles. The molecule has 0 aliphatic carbocycles. The molecule has 0 bridgehead atoms. The van der Waals surface area contributed by atoms with Crippen molar-refractivity contribution in [1.82, 2.24) is 9.29 Å². The Bertz CT molecular complexity index is 902. The van der Waals surface area contributed by atoms with Gasteiger partial charge in [-0.2, -0.15) is 9.57 Å². The predicted molar refractivity (Wildman–Crippen MR) is 89.7 cm³/mol. The SMILES string of the molecule is CCOc1ccccc1S(=O)(=O)N1CC(Oc2ncccc2C#N)C1. The van der Waals surface area contributed by atoms with Crippen LogP contribution in [0, 0.1) is 11.3 Å². The van der Waals surface area contributed by atoms with Crippen LogP contribution in [0.5, 0.6) is 11.6 Å². The first-order chi connectivity index (χ1) is 12.1. The molecule has 0 N–H and O–H groups in total. The summed E-state index contributed by atoms with van der Waals surface area (Å²) in [6, 6.07) is 11.8. The lowest BCUT2D eigenvalue weighted by atomic mass is 10.2. The maximum absolute atomic E-state index is 12.8. The number of nitriles is 1. The zero-order chi connectivity index (χ0) is 17.9. The standard InChI is InChI=1S/C17H17N3O4S/c1-2-23-15-7-3-4-8-16(15)25(21,22)20-11-14(12-20)24-17-13(10-18)6-5-9-19-17/h3-9,14H,2,11-12H2,1H3. The van der Waals surface area contributed by atoms with Crippen molar-refractivity contribution < 1.29 is 17.9 Å². The Morgan fingerprint density at radius 1 is 1.28 bits per heavy atom. The van der Waals surface area contributed by atoms with Crippen LogP contribution in [0.1, 0.15) is 12.5 Å². The number of nitrogens with zero attached hydrogens (tertiary/aromatic N) is 3. The van der Waals surface area contributed by atoms with Crippen molar-refractivity contribution in [2.45, 2.75) is 17.9 Å². The van der Waals surface area contributed by atoms with Crippen molar-refractivity contribution in [2.75, 3.05) is 19.7 Å². The van der Waals surface area contributed by atoms with Gasteiger partial charge in [0.05, 0.1) is 19.7 Å². The Morgan fingerprint density at radius 3 is 2.76 bits per heavy atom. The molecule has 1 aromatic carbocycles. The summed E-state index contributed by atoms with van der Waals surface area (Å²) in [6.45, 7) is 2.58. The summed E-state index contributed by atoms with van der Waals surface area (Å²) in [6.07, 6.45) is 1.19. The van der Waals surface area contributed by atoms with Crippen molar-refractivity contribution in [2.24, 2.45) is 0 Å². The average molecular weight is 359 g/mol. The summed E-state index contributed by atoms with van der Waals surface area (Å²) >= 11 is 0. The van der Waals surface area contributed by atoms with Crippen molar-refractivity contribution in [3.05, 3.63) is 48.2 Å². The largest absolute Gasteiger partial charge is 0.492 e. The van der Waals surface area contributed by atoms with E-state index >= 15 is 0 Å². The lowest BCUT2D eigenvalue weighted by molar-refractivity contribution is 0.0716. The van der Waals surface area contributed by atoms with E-state index in [9.17, 15) is 8.42 Å². The highest BCUT2D eigenvalue weighted by molar-refractivity contribution is 7.89. The van der Waals surface area contributed by atoms with Crippen LogP contribution in [-0.2, 0) is 10.0 Å². The maximum Gasteiger partial charge on any atom is 0.247 e. The molecule has 3 rings (SSSR count). The second-order valence-corrected chi connectivity index (χ2v) is 7.32. The number of benzene rings is 1. The van der Waals surface area contributed by atoms with Crippen LogP contribution in [0.25, 0.3) is 0 Å². The first-order valence-electron chi connectivity index (χ1n) is 7.80. The maximum atomic E-state index is 12.8. The van der Waals surface area contributed by atoms with Gasteiger partial charge in [-0.25, -0.2) is 13.4 Å². The molecule has 7 nitrogen and oxygen atoms in total. The zero-order valence-electron chi connectivity index (χ0n) is 13.6. The van der Waals surface area contributed by atoms with E-state index in [2.05, 4.69) is 4.98 Å². The van der Waals surface area contributed by atoms with Crippen LogP contribution >= 0.6 is 0 Å². The third-order valence-electron chi connectivity index (χ3n) is 3.75. The van der Waals surface area contributed by atoms with Crippen molar-refractivity contribution in [3.8, 4) is 17.7 Å². The molecule has 2 heterocycles. The number of sulfonamides is 1. The molecule has 0 amide bonds. The average Bonchev–Trinajstić information content (AvgIpc) is 2.58. The monoisotopic (exact) mass is 359 g/mol. The first kappa shape index (κ1) is 17.2. The molecule has 0 saturated carbocycles. The van der Waals surface area contributed by atoms with Crippen LogP contribution in [0.3, 0.4) is 0 Å². The summed E-state index contributed by atoms with van der Waals surface area (Å²) in [5.41, 5.74) is 0.325. The summed E-state index contributed by atoms with van der Waals surface area (Å²) in [5, 5.41) is 9.04. The Morgan fingerprint density at radius 2 is 2.04 bits per heavy atom. The number of hydrogen-bond acceptors (Lipinski definition) is 6. The van der Waals surface area contributed by atoms with E-state index in [0.717, 1.165) is 0 Å². The minimum Gasteiger partial charge on any atom is -0.492 e.